The lowest BCUT2D eigenvalue weighted by atomic mass is 10.1. The molecule has 8 nitrogen and oxygen atoms in total. The van der Waals surface area contributed by atoms with Gasteiger partial charge in [0.15, 0.2) is 0 Å². The zero-order chi connectivity index (χ0) is 21.1. The number of benzene rings is 1. The van der Waals surface area contributed by atoms with Crippen molar-refractivity contribution in [3.63, 3.8) is 0 Å². The van der Waals surface area contributed by atoms with E-state index in [1.807, 2.05) is 31.2 Å². The highest BCUT2D eigenvalue weighted by molar-refractivity contribution is 5.94. The van der Waals surface area contributed by atoms with Crippen molar-refractivity contribution in [1.82, 2.24) is 9.47 Å². The lowest BCUT2D eigenvalue weighted by Gasteiger charge is -2.36. The van der Waals surface area contributed by atoms with Crippen molar-refractivity contribution in [3.8, 4) is 5.75 Å². The lowest BCUT2D eigenvalue weighted by Crippen LogP contribution is -2.50. The van der Waals surface area contributed by atoms with E-state index < -0.39 is 5.56 Å². The standard InChI is InChI=1S/C21H23N3O5/c1-14-10-24-19(9-8-18(20(24)27)22(13-25)11-15(2)26)21(28)23(14)12-16-4-6-17(29-3)7-5-16/h4-9,13-14H,10-12H2,1-3H3. The number of anilines is 1. The van der Waals surface area contributed by atoms with Crippen LogP contribution in [0.1, 0.15) is 29.9 Å². The number of pyridine rings is 1. The van der Waals surface area contributed by atoms with Crippen LogP contribution in [0.2, 0.25) is 0 Å². The van der Waals surface area contributed by atoms with Crippen LogP contribution in [0.3, 0.4) is 0 Å². The van der Waals surface area contributed by atoms with Crippen LogP contribution in [0.4, 0.5) is 5.69 Å². The third kappa shape index (κ3) is 4.06. The van der Waals surface area contributed by atoms with Gasteiger partial charge in [0, 0.05) is 19.1 Å². The predicted octanol–water partition coefficient (Wildman–Crippen LogP) is 1.45. The van der Waals surface area contributed by atoms with E-state index in [0.717, 1.165) is 16.2 Å². The summed E-state index contributed by atoms with van der Waals surface area (Å²) in [6.07, 6.45) is 0.454. The van der Waals surface area contributed by atoms with Crippen LogP contribution in [0, 0.1) is 0 Å². The minimum absolute atomic E-state index is 0.0857. The Morgan fingerprint density at radius 3 is 2.48 bits per heavy atom. The second-order valence-corrected chi connectivity index (χ2v) is 7.09. The molecule has 2 aromatic rings. The van der Waals surface area contributed by atoms with Gasteiger partial charge in [-0.15, -0.1) is 0 Å². The Morgan fingerprint density at radius 2 is 1.90 bits per heavy atom. The lowest BCUT2D eigenvalue weighted by molar-refractivity contribution is -0.117. The summed E-state index contributed by atoms with van der Waals surface area (Å²) in [4.78, 5) is 51.4. The van der Waals surface area contributed by atoms with Crippen molar-refractivity contribution in [2.75, 3.05) is 18.6 Å². The average molecular weight is 397 g/mol. The Hall–Kier alpha value is -3.42. The van der Waals surface area contributed by atoms with E-state index in [4.69, 9.17) is 4.74 Å². The van der Waals surface area contributed by atoms with Gasteiger partial charge in [-0.2, -0.15) is 0 Å². The van der Waals surface area contributed by atoms with Gasteiger partial charge in [0.05, 0.1) is 13.7 Å². The molecule has 0 saturated carbocycles. The van der Waals surface area contributed by atoms with E-state index in [-0.39, 0.29) is 35.7 Å². The third-order valence-electron chi connectivity index (χ3n) is 4.95. The summed E-state index contributed by atoms with van der Waals surface area (Å²) in [5.74, 6) is 0.239. The first kappa shape index (κ1) is 20.3. The maximum absolute atomic E-state index is 13.0. The van der Waals surface area contributed by atoms with E-state index >= 15 is 0 Å². The highest BCUT2D eigenvalue weighted by Crippen LogP contribution is 2.22. The van der Waals surface area contributed by atoms with Gasteiger partial charge in [-0.3, -0.25) is 19.2 Å². The summed E-state index contributed by atoms with van der Waals surface area (Å²) in [7, 11) is 1.59. The van der Waals surface area contributed by atoms with Gasteiger partial charge in [-0.1, -0.05) is 12.1 Å². The Labute approximate surface area is 168 Å². The van der Waals surface area contributed by atoms with Gasteiger partial charge < -0.3 is 19.1 Å². The molecule has 152 valence electrons. The molecule has 8 heteroatoms. The number of carbonyl (C=O) groups excluding carboxylic acids is 3. The van der Waals surface area contributed by atoms with Crippen LogP contribution >= 0.6 is 0 Å². The van der Waals surface area contributed by atoms with Gasteiger partial charge in [0.1, 0.15) is 22.9 Å². The van der Waals surface area contributed by atoms with Crippen molar-refractivity contribution in [2.24, 2.45) is 0 Å². The molecule has 0 aliphatic carbocycles. The largest absolute Gasteiger partial charge is 0.497 e. The molecule has 1 atom stereocenters. The van der Waals surface area contributed by atoms with Gasteiger partial charge in [0.2, 0.25) is 6.41 Å². The molecule has 2 heterocycles. The average Bonchev–Trinajstić information content (AvgIpc) is 2.70. The fourth-order valence-electron chi connectivity index (χ4n) is 3.44. The number of nitrogens with zero attached hydrogens (tertiary/aromatic N) is 3. The van der Waals surface area contributed by atoms with E-state index in [1.165, 1.54) is 23.6 Å². The molecule has 0 fully saturated rings. The van der Waals surface area contributed by atoms with Crippen LogP contribution in [0.5, 0.6) is 5.75 Å². The molecule has 0 radical (unpaired) electrons. The summed E-state index contributed by atoms with van der Waals surface area (Å²) >= 11 is 0. The Morgan fingerprint density at radius 1 is 1.21 bits per heavy atom. The molecular weight excluding hydrogens is 374 g/mol. The SMILES string of the molecule is COc1ccc(CN2C(=O)c3ccc(N(C=O)CC(C)=O)c(=O)n3CC2C)cc1. The van der Waals surface area contributed by atoms with Gasteiger partial charge in [-0.25, -0.2) is 0 Å². The summed E-state index contributed by atoms with van der Waals surface area (Å²) in [6.45, 7) is 3.73. The summed E-state index contributed by atoms with van der Waals surface area (Å²) in [6, 6.07) is 10.2. The van der Waals surface area contributed by atoms with Crippen LogP contribution in [-0.4, -0.2) is 47.3 Å². The molecule has 0 saturated heterocycles. The highest BCUT2D eigenvalue weighted by atomic mass is 16.5. The van der Waals surface area contributed by atoms with Crippen molar-refractivity contribution < 1.29 is 19.1 Å². The number of amides is 2. The third-order valence-corrected chi connectivity index (χ3v) is 4.95. The first-order chi connectivity index (χ1) is 13.8. The summed E-state index contributed by atoms with van der Waals surface area (Å²) in [5, 5.41) is 0. The van der Waals surface area contributed by atoms with Crippen molar-refractivity contribution in [2.45, 2.75) is 33.0 Å². The minimum atomic E-state index is -0.458. The smallest absolute Gasteiger partial charge is 0.275 e. The van der Waals surface area contributed by atoms with Crippen LogP contribution < -0.4 is 15.2 Å². The second kappa shape index (κ2) is 8.30. The summed E-state index contributed by atoms with van der Waals surface area (Å²) in [5.41, 5.74) is 0.841. The maximum atomic E-state index is 13.0. The number of ketones is 1. The topological polar surface area (TPSA) is 88.9 Å². The normalized spacial score (nSPS) is 15.6. The molecule has 29 heavy (non-hydrogen) atoms. The number of methoxy groups -OCH3 is 1. The number of hydrogen-bond donors (Lipinski definition) is 0. The molecule has 0 spiro atoms. The molecule has 1 aromatic carbocycles. The number of fused-ring (bicyclic) bond motifs is 1. The highest BCUT2D eigenvalue weighted by Gasteiger charge is 2.31. The first-order valence-corrected chi connectivity index (χ1v) is 9.24. The summed E-state index contributed by atoms with van der Waals surface area (Å²) < 4.78 is 6.53. The molecule has 1 aromatic heterocycles. The molecule has 2 amide bonds. The number of hydrogen-bond acceptors (Lipinski definition) is 5. The molecule has 0 bridgehead atoms. The van der Waals surface area contributed by atoms with Crippen LogP contribution in [0.25, 0.3) is 0 Å². The Kier molecular flexibility index (Phi) is 5.81. The predicted molar refractivity (Wildman–Crippen MR) is 107 cm³/mol. The minimum Gasteiger partial charge on any atom is -0.497 e. The van der Waals surface area contributed by atoms with Crippen molar-refractivity contribution in [1.29, 1.82) is 0 Å². The number of aromatic nitrogens is 1. The van der Waals surface area contributed by atoms with E-state index in [0.29, 0.717) is 19.5 Å². The molecule has 1 unspecified atom stereocenters. The van der Waals surface area contributed by atoms with Crippen LogP contribution in [-0.2, 0) is 22.7 Å². The van der Waals surface area contributed by atoms with E-state index in [2.05, 4.69) is 0 Å². The quantitative estimate of drug-likeness (QED) is 0.660. The van der Waals surface area contributed by atoms with Gasteiger partial charge >= 0.3 is 0 Å². The Bertz CT molecular complexity index is 996. The second-order valence-electron chi connectivity index (χ2n) is 7.09. The molecule has 1 aliphatic heterocycles. The number of rotatable bonds is 7. The van der Waals surface area contributed by atoms with Crippen molar-refractivity contribution >= 4 is 23.8 Å². The van der Waals surface area contributed by atoms with E-state index in [1.54, 1.807) is 12.0 Å². The first-order valence-electron chi connectivity index (χ1n) is 9.24. The maximum Gasteiger partial charge on any atom is 0.275 e. The van der Waals surface area contributed by atoms with Crippen molar-refractivity contribution in [3.05, 3.63) is 58.0 Å². The fourth-order valence-corrected chi connectivity index (χ4v) is 3.44. The molecule has 0 N–H and O–H groups in total. The monoisotopic (exact) mass is 397 g/mol. The number of ether oxygens (including phenoxy) is 1. The fraction of sp³-hybridized carbons (Fsp3) is 0.333. The molecule has 3 rings (SSSR count). The Balaban J connectivity index is 1.90. The van der Waals surface area contributed by atoms with Crippen LogP contribution in [0.15, 0.2) is 41.2 Å². The number of Topliss-reactive ketones (excluding diaryl/α,β-unsaturated/α-hetero) is 1. The van der Waals surface area contributed by atoms with Gasteiger partial charge in [0.25, 0.3) is 11.5 Å². The zero-order valence-corrected chi connectivity index (χ0v) is 16.6. The zero-order valence-electron chi connectivity index (χ0n) is 16.6. The van der Waals surface area contributed by atoms with E-state index in [9.17, 15) is 19.2 Å². The number of carbonyl (C=O) groups is 3. The molecule has 1 aliphatic rings. The molecular formula is C21H23N3O5. The van der Waals surface area contributed by atoms with Gasteiger partial charge in [-0.05, 0) is 43.7 Å².